The summed E-state index contributed by atoms with van der Waals surface area (Å²) in [5.41, 5.74) is 3.04. The van der Waals surface area contributed by atoms with Gasteiger partial charge in [-0.2, -0.15) is 0 Å². The van der Waals surface area contributed by atoms with Crippen molar-refractivity contribution in [3.8, 4) is 0 Å². The number of ether oxygens (including phenoxy) is 2. The van der Waals surface area contributed by atoms with Gasteiger partial charge in [-0.05, 0) is 38.5 Å². The number of nitrogens with one attached hydrogen (secondary N) is 1. The van der Waals surface area contributed by atoms with E-state index in [1.807, 2.05) is 0 Å². The Balaban J connectivity index is 2.06. The van der Waals surface area contributed by atoms with E-state index in [0.29, 0.717) is 29.9 Å². The highest BCUT2D eigenvalue weighted by Crippen LogP contribution is 2.37. The minimum absolute atomic E-state index is 0.281. The van der Waals surface area contributed by atoms with Gasteiger partial charge in [0.1, 0.15) is 0 Å². The van der Waals surface area contributed by atoms with Crippen molar-refractivity contribution in [3.05, 3.63) is 0 Å². The maximum Gasteiger partial charge on any atom is 0.0597 e. The van der Waals surface area contributed by atoms with E-state index < -0.39 is 0 Å². The summed E-state index contributed by atoms with van der Waals surface area (Å²) in [6.45, 7) is 8.33. The third kappa shape index (κ3) is 2.65. The minimum Gasteiger partial charge on any atom is -0.381 e. The summed E-state index contributed by atoms with van der Waals surface area (Å²) in [5, 5.41) is 0. The van der Waals surface area contributed by atoms with Crippen molar-refractivity contribution in [2.24, 2.45) is 23.6 Å². The summed E-state index contributed by atoms with van der Waals surface area (Å²) in [7, 11) is 0. The molecule has 2 saturated heterocycles. The molecule has 6 unspecified atom stereocenters. The van der Waals surface area contributed by atoms with Gasteiger partial charge < -0.3 is 9.47 Å². The lowest BCUT2D eigenvalue weighted by Crippen LogP contribution is -2.51. The van der Waals surface area contributed by atoms with Gasteiger partial charge in [0.25, 0.3) is 0 Å². The topological polar surface area (TPSA) is 56.5 Å². The predicted molar refractivity (Wildman–Crippen MR) is 67.3 cm³/mol. The van der Waals surface area contributed by atoms with Gasteiger partial charge in [0.2, 0.25) is 0 Å². The van der Waals surface area contributed by atoms with E-state index in [4.69, 9.17) is 15.3 Å². The Morgan fingerprint density at radius 3 is 2.47 bits per heavy atom. The molecule has 2 fully saturated rings. The van der Waals surface area contributed by atoms with E-state index in [0.717, 1.165) is 19.6 Å². The van der Waals surface area contributed by atoms with Crippen molar-refractivity contribution >= 4 is 0 Å². The molecule has 0 aromatic rings. The molecule has 17 heavy (non-hydrogen) atoms. The second-order valence-electron chi connectivity index (χ2n) is 5.65. The minimum atomic E-state index is 0.281. The van der Waals surface area contributed by atoms with Crippen LogP contribution in [0.15, 0.2) is 0 Å². The zero-order chi connectivity index (χ0) is 12.4. The molecule has 0 saturated carbocycles. The van der Waals surface area contributed by atoms with Gasteiger partial charge in [0.15, 0.2) is 0 Å². The molecule has 2 aliphatic heterocycles. The summed E-state index contributed by atoms with van der Waals surface area (Å²) in [6, 6.07) is 0.310. The standard InChI is InChI=1S/C13H26N2O2/c1-8-9(2)17-10(3)12(8)13(15-14)11-5-4-6-16-7-11/h8-13,15H,4-7,14H2,1-3H3. The van der Waals surface area contributed by atoms with Crippen molar-refractivity contribution in [1.82, 2.24) is 5.43 Å². The second-order valence-corrected chi connectivity index (χ2v) is 5.65. The molecule has 0 spiro atoms. The molecular weight excluding hydrogens is 216 g/mol. The highest BCUT2D eigenvalue weighted by atomic mass is 16.5. The molecule has 0 radical (unpaired) electrons. The maximum atomic E-state index is 5.92. The van der Waals surface area contributed by atoms with Crippen molar-refractivity contribution < 1.29 is 9.47 Å². The molecule has 2 heterocycles. The van der Waals surface area contributed by atoms with Crippen molar-refractivity contribution in [1.29, 1.82) is 0 Å². The first-order valence-electron chi connectivity index (χ1n) is 6.84. The number of hydrazine groups is 1. The van der Waals surface area contributed by atoms with Crippen LogP contribution >= 0.6 is 0 Å². The molecule has 3 N–H and O–H groups in total. The third-order valence-electron chi connectivity index (χ3n) is 4.63. The van der Waals surface area contributed by atoms with E-state index in [9.17, 15) is 0 Å². The van der Waals surface area contributed by atoms with E-state index in [1.165, 1.54) is 6.42 Å². The molecule has 2 aliphatic rings. The second kappa shape index (κ2) is 5.65. The van der Waals surface area contributed by atoms with Crippen LogP contribution in [0.4, 0.5) is 0 Å². The van der Waals surface area contributed by atoms with Crippen LogP contribution in [0, 0.1) is 17.8 Å². The maximum absolute atomic E-state index is 5.92. The van der Waals surface area contributed by atoms with E-state index in [1.54, 1.807) is 0 Å². The summed E-state index contributed by atoms with van der Waals surface area (Å²) >= 11 is 0. The van der Waals surface area contributed by atoms with Gasteiger partial charge in [0, 0.05) is 18.6 Å². The molecule has 4 heteroatoms. The lowest BCUT2D eigenvalue weighted by molar-refractivity contribution is 0.0110. The molecule has 4 nitrogen and oxygen atoms in total. The van der Waals surface area contributed by atoms with Crippen LogP contribution in [-0.2, 0) is 9.47 Å². The summed E-state index contributed by atoms with van der Waals surface area (Å²) in [5.74, 6) is 7.35. The van der Waals surface area contributed by atoms with Gasteiger partial charge in [-0.15, -0.1) is 0 Å². The van der Waals surface area contributed by atoms with Gasteiger partial charge in [-0.25, -0.2) is 0 Å². The summed E-state index contributed by atoms with van der Waals surface area (Å²) < 4.78 is 11.5. The Labute approximate surface area is 104 Å². The first kappa shape index (κ1) is 13.3. The lowest BCUT2D eigenvalue weighted by atomic mass is 9.76. The molecule has 0 aliphatic carbocycles. The van der Waals surface area contributed by atoms with Gasteiger partial charge >= 0.3 is 0 Å². The van der Waals surface area contributed by atoms with Gasteiger partial charge in [-0.3, -0.25) is 11.3 Å². The monoisotopic (exact) mass is 242 g/mol. The van der Waals surface area contributed by atoms with Crippen LogP contribution in [0.1, 0.15) is 33.6 Å². The molecule has 6 atom stereocenters. The Bertz CT molecular complexity index is 244. The van der Waals surface area contributed by atoms with E-state index in [-0.39, 0.29) is 6.10 Å². The molecule has 2 rings (SSSR count). The van der Waals surface area contributed by atoms with Gasteiger partial charge in [-0.1, -0.05) is 6.92 Å². The first-order chi connectivity index (χ1) is 8.15. The number of hydrogen-bond acceptors (Lipinski definition) is 4. The van der Waals surface area contributed by atoms with Crippen molar-refractivity contribution in [2.75, 3.05) is 13.2 Å². The average molecular weight is 242 g/mol. The highest BCUT2D eigenvalue weighted by molar-refractivity contribution is 4.94. The zero-order valence-corrected chi connectivity index (χ0v) is 11.2. The molecule has 0 aromatic heterocycles. The van der Waals surface area contributed by atoms with E-state index >= 15 is 0 Å². The van der Waals surface area contributed by atoms with Gasteiger partial charge in [0.05, 0.1) is 18.8 Å². The van der Waals surface area contributed by atoms with Crippen molar-refractivity contribution in [2.45, 2.75) is 51.9 Å². The number of rotatable bonds is 3. The van der Waals surface area contributed by atoms with Crippen molar-refractivity contribution in [3.63, 3.8) is 0 Å². The Hall–Kier alpha value is -0.160. The quantitative estimate of drug-likeness (QED) is 0.578. The molecule has 100 valence electrons. The highest BCUT2D eigenvalue weighted by Gasteiger charge is 2.44. The van der Waals surface area contributed by atoms with Crippen LogP contribution in [-0.4, -0.2) is 31.5 Å². The fourth-order valence-electron chi connectivity index (χ4n) is 3.52. The third-order valence-corrected chi connectivity index (χ3v) is 4.63. The van der Waals surface area contributed by atoms with Crippen LogP contribution < -0.4 is 11.3 Å². The Kier molecular flexibility index (Phi) is 4.42. The largest absolute Gasteiger partial charge is 0.381 e. The molecule has 0 bridgehead atoms. The first-order valence-corrected chi connectivity index (χ1v) is 6.84. The number of hydrogen-bond donors (Lipinski definition) is 2. The average Bonchev–Trinajstić information content (AvgIpc) is 2.58. The number of nitrogens with two attached hydrogens (primary N) is 1. The summed E-state index contributed by atoms with van der Waals surface area (Å²) in [6.07, 6.45) is 2.96. The fraction of sp³-hybridized carbons (Fsp3) is 1.00. The van der Waals surface area contributed by atoms with Crippen LogP contribution in [0.25, 0.3) is 0 Å². The fourth-order valence-corrected chi connectivity index (χ4v) is 3.52. The smallest absolute Gasteiger partial charge is 0.0597 e. The van der Waals surface area contributed by atoms with Crippen LogP contribution in [0.2, 0.25) is 0 Å². The Morgan fingerprint density at radius 2 is 2.00 bits per heavy atom. The SMILES string of the molecule is CC1OC(C)C(C(NN)C2CCCOC2)C1C. The Morgan fingerprint density at radius 1 is 1.24 bits per heavy atom. The normalized spacial score (nSPS) is 44.8. The van der Waals surface area contributed by atoms with E-state index in [2.05, 4.69) is 26.2 Å². The molecular formula is C13H26N2O2. The summed E-state index contributed by atoms with van der Waals surface area (Å²) in [4.78, 5) is 0. The van der Waals surface area contributed by atoms with Crippen LogP contribution in [0.5, 0.6) is 0 Å². The zero-order valence-electron chi connectivity index (χ0n) is 11.2. The molecule has 0 amide bonds. The predicted octanol–water partition coefficient (Wildman–Crippen LogP) is 1.30. The van der Waals surface area contributed by atoms with Crippen LogP contribution in [0.3, 0.4) is 0 Å². The lowest BCUT2D eigenvalue weighted by Gasteiger charge is -2.36. The molecule has 0 aromatic carbocycles.